The number of nitrogens with one attached hydrogen (secondary N) is 1. The van der Waals surface area contributed by atoms with E-state index in [9.17, 15) is 20.0 Å². The lowest BCUT2D eigenvalue weighted by molar-refractivity contribution is -0.384. The molecule has 1 aromatic carbocycles. The molecule has 0 bridgehead atoms. The largest absolute Gasteiger partial charge is 0.506 e. The number of halogens is 1. The number of nitro groups is 1. The molecule has 102 valence electrons. The molecule has 1 aromatic heterocycles. The van der Waals surface area contributed by atoms with Gasteiger partial charge in [-0.3, -0.25) is 19.9 Å². The number of aromatic hydroxyl groups is 1. The molecule has 0 saturated heterocycles. The van der Waals surface area contributed by atoms with E-state index in [1.165, 1.54) is 36.7 Å². The van der Waals surface area contributed by atoms with Gasteiger partial charge in [0.1, 0.15) is 5.75 Å². The summed E-state index contributed by atoms with van der Waals surface area (Å²) in [5.41, 5.74) is 0.258. The quantitative estimate of drug-likeness (QED) is 0.661. The van der Waals surface area contributed by atoms with Gasteiger partial charge >= 0.3 is 0 Å². The van der Waals surface area contributed by atoms with Crippen molar-refractivity contribution in [1.82, 2.24) is 4.98 Å². The fourth-order valence-electron chi connectivity index (χ4n) is 1.47. The van der Waals surface area contributed by atoms with Gasteiger partial charge in [-0.25, -0.2) is 0 Å². The molecular formula is C12H8BrN3O4. The van der Waals surface area contributed by atoms with Crippen LogP contribution in [-0.2, 0) is 0 Å². The first kappa shape index (κ1) is 13.9. The van der Waals surface area contributed by atoms with Crippen molar-refractivity contribution in [2.24, 2.45) is 0 Å². The Morgan fingerprint density at radius 1 is 1.35 bits per heavy atom. The molecule has 20 heavy (non-hydrogen) atoms. The maximum atomic E-state index is 11.9. The Morgan fingerprint density at radius 3 is 2.75 bits per heavy atom. The minimum absolute atomic E-state index is 0.141. The van der Waals surface area contributed by atoms with Crippen LogP contribution in [0.15, 0.2) is 41.1 Å². The van der Waals surface area contributed by atoms with Gasteiger partial charge in [-0.15, -0.1) is 0 Å². The minimum Gasteiger partial charge on any atom is -0.506 e. The normalized spacial score (nSPS) is 10.1. The molecule has 0 fully saturated rings. The highest BCUT2D eigenvalue weighted by molar-refractivity contribution is 9.10. The average molecular weight is 338 g/mol. The lowest BCUT2D eigenvalue weighted by atomic mass is 10.2. The fourth-order valence-corrected chi connectivity index (χ4v) is 1.81. The first-order chi connectivity index (χ1) is 9.47. The molecule has 0 spiro atoms. The summed E-state index contributed by atoms with van der Waals surface area (Å²) in [4.78, 5) is 25.8. The number of nitro benzene ring substituents is 1. The van der Waals surface area contributed by atoms with E-state index in [1.54, 1.807) is 0 Å². The number of aromatic nitrogens is 1. The first-order valence-corrected chi connectivity index (χ1v) is 6.16. The molecule has 2 aromatic rings. The van der Waals surface area contributed by atoms with Crippen LogP contribution in [0.5, 0.6) is 5.75 Å². The van der Waals surface area contributed by atoms with Crippen LogP contribution in [0.25, 0.3) is 0 Å². The molecule has 1 heterocycles. The maximum Gasteiger partial charge on any atom is 0.271 e. The highest BCUT2D eigenvalue weighted by Gasteiger charge is 2.13. The van der Waals surface area contributed by atoms with Crippen molar-refractivity contribution >= 4 is 33.2 Å². The number of benzene rings is 1. The fraction of sp³-hybridized carbons (Fsp3) is 0. The van der Waals surface area contributed by atoms with Crippen molar-refractivity contribution < 1.29 is 14.8 Å². The number of hydrogen-bond acceptors (Lipinski definition) is 5. The second kappa shape index (κ2) is 5.66. The average Bonchev–Trinajstić information content (AvgIpc) is 2.41. The maximum absolute atomic E-state index is 11.9. The zero-order valence-corrected chi connectivity index (χ0v) is 11.5. The Balaban J connectivity index is 2.27. The van der Waals surface area contributed by atoms with Gasteiger partial charge in [-0.1, -0.05) is 0 Å². The summed E-state index contributed by atoms with van der Waals surface area (Å²) in [6.45, 7) is 0. The monoisotopic (exact) mass is 337 g/mol. The van der Waals surface area contributed by atoms with E-state index in [2.05, 4.69) is 26.2 Å². The number of carbonyl (C=O) groups is 1. The molecule has 2 N–H and O–H groups in total. The van der Waals surface area contributed by atoms with Gasteiger partial charge in [-0.2, -0.15) is 0 Å². The van der Waals surface area contributed by atoms with Gasteiger partial charge in [0.2, 0.25) is 0 Å². The van der Waals surface area contributed by atoms with Crippen molar-refractivity contribution in [3.05, 3.63) is 56.8 Å². The third-order valence-corrected chi connectivity index (χ3v) is 3.09. The zero-order chi connectivity index (χ0) is 14.7. The summed E-state index contributed by atoms with van der Waals surface area (Å²) >= 11 is 3.19. The number of anilines is 1. The van der Waals surface area contributed by atoms with Gasteiger partial charge in [0.15, 0.2) is 0 Å². The summed E-state index contributed by atoms with van der Waals surface area (Å²) in [5, 5.41) is 22.5. The van der Waals surface area contributed by atoms with E-state index in [0.717, 1.165) is 0 Å². The van der Waals surface area contributed by atoms with E-state index in [0.29, 0.717) is 4.47 Å². The minimum atomic E-state index is -0.558. The Kier molecular flexibility index (Phi) is 3.94. The van der Waals surface area contributed by atoms with Crippen LogP contribution in [0.4, 0.5) is 11.4 Å². The lowest BCUT2D eigenvalue weighted by Crippen LogP contribution is -2.12. The van der Waals surface area contributed by atoms with Gasteiger partial charge in [0, 0.05) is 22.8 Å². The van der Waals surface area contributed by atoms with Crippen molar-refractivity contribution in [2.75, 3.05) is 5.32 Å². The number of rotatable bonds is 3. The molecule has 0 aliphatic heterocycles. The number of amides is 1. The van der Waals surface area contributed by atoms with Gasteiger partial charge < -0.3 is 10.4 Å². The first-order valence-electron chi connectivity index (χ1n) is 5.36. The standard InChI is InChI=1S/C12H8BrN3O4/c13-10-2-1-8(16(19)20)4-11(10)15-12(18)7-3-9(17)6-14-5-7/h1-6,17H,(H,15,18). The predicted octanol–water partition coefficient (Wildman–Crippen LogP) is 2.71. The van der Waals surface area contributed by atoms with Crippen LogP contribution in [-0.4, -0.2) is 20.9 Å². The number of carbonyl (C=O) groups excluding carboxylic acids is 1. The van der Waals surface area contributed by atoms with Crippen LogP contribution in [0, 0.1) is 10.1 Å². The Bertz CT molecular complexity index is 690. The summed E-state index contributed by atoms with van der Waals surface area (Å²) in [5.74, 6) is -0.676. The van der Waals surface area contributed by atoms with E-state index < -0.39 is 10.8 Å². The topological polar surface area (TPSA) is 105 Å². The predicted molar refractivity (Wildman–Crippen MR) is 74.7 cm³/mol. The van der Waals surface area contributed by atoms with E-state index in [4.69, 9.17) is 0 Å². The smallest absolute Gasteiger partial charge is 0.271 e. The molecular weight excluding hydrogens is 330 g/mol. The van der Waals surface area contributed by atoms with Crippen molar-refractivity contribution in [1.29, 1.82) is 0 Å². The molecule has 2 rings (SSSR count). The summed E-state index contributed by atoms with van der Waals surface area (Å²) < 4.78 is 0.504. The highest BCUT2D eigenvalue weighted by atomic mass is 79.9. The SMILES string of the molecule is O=C(Nc1cc([N+](=O)[O-])ccc1Br)c1cncc(O)c1. The molecule has 7 nitrogen and oxygen atoms in total. The molecule has 0 aliphatic carbocycles. The zero-order valence-electron chi connectivity index (χ0n) is 9.91. The number of pyridine rings is 1. The molecule has 1 amide bonds. The van der Waals surface area contributed by atoms with Crippen molar-refractivity contribution in [2.45, 2.75) is 0 Å². The van der Waals surface area contributed by atoms with Gasteiger partial charge in [0.05, 0.1) is 22.4 Å². The summed E-state index contributed by atoms with van der Waals surface area (Å²) in [6, 6.07) is 5.26. The molecule has 0 radical (unpaired) electrons. The number of non-ortho nitro benzene ring substituents is 1. The van der Waals surface area contributed by atoms with Crippen LogP contribution >= 0.6 is 15.9 Å². The molecule has 0 aliphatic rings. The Hall–Kier alpha value is -2.48. The van der Waals surface area contributed by atoms with E-state index in [-0.39, 0.29) is 22.7 Å². The van der Waals surface area contributed by atoms with Crippen LogP contribution in [0.1, 0.15) is 10.4 Å². The van der Waals surface area contributed by atoms with Crippen molar-refractivity contribution in [3.8, 4) is 5.75 Å². The van der Waals surface area contributed by atoms with Crippen LogP contribution < -0.4 is 5.32 Å². The Labute approximate surface area is 121 Å². The summed E-state index contributed by atoms with van der Waals surface area (Å²) in [7, 11) is 0. The van der Waals surface area contributed by atoms with Gasteiger partial charge in [0.25, 0.3) is 11.6 Å². The molecule has 0 atom stereocenters. The molecule has 8 heteroatoms. The van der Waals surface area contributed by atoms with Crippen molar-refractivity contribution in [3.63, 3.8) is 0 Å². The Morgan fingerprint density at radius 2 is 2.10 bits per heavy atom. The third kappa shape index (κ3) is 3.09. The lowest BCUT2D eigenvalue weighted by Gasteiger charge is -2.07. The molecule has 0 saturated carbocycles. The number of hydrogen-bond donors (Lipinski definition) is 2. The van der Waals surface area contributed by atoms with E-state index >= 15 is 0 Å². The summed E-state index contributed by atoms with van der Waals surface area (Å²) in [6.07, 6.45) is 2.47. The van der Waals surface area contributed by atoms with E-state index in [1.807, 2.05) is 0 Å². The second-order valence-electron chi connectivity index (χ2n) is 3.81. The molecule has 0 unspecified atom stereocenters. The number of nitrogens with zero attached hydrogens (tertiary/aromatic N) is 2. The second-order valence-corrected chi connectivity index (χ2v) is 4.66. The van der Waals surface area contributed by atoms with Gasteiger partial charge in [-0.05, 0) is 28.1 Å². The highest BCUT2D eigenvalue weighted by Crippen LogP contribution is 2.27. The third-order valence-electron chi connectivity index (χ3n) is 2.39. The van der Waals surface area contributed by atoms with Crippen LogP contribution in [0.2, 0.25) is 0 Å². The van der Waals surface area contributed by atoms with Crippen LogP contribution in [0.3, 0.4) is 0 Å².